The third-order valence-corrected chi connectivity index (χ3v) is 8.20. The highest BCUT2D eigenvalue weighted by Crippen LogP contribution is 2.25. The fourth-order valence-corrected chi connectivity index (χ4v) is 5.83. The number of hydrogen-bond acceptors (Lipinski definition) is 5. The van der Waals surface area contributed by atoms with Crippen LogP contribution in [0.15, 0.2) is 41.3 Å². The molecule has 2 aliphatic rings. The van der Waals surface area contributed by atoms with Crippen LogP contribution in [0.2, 0.25) is 0 Å². The Hall–Kier alpha value is -2.23. The van der Waals surface area contributed by atoms with Crippen molar-refractivity contribution in [3.05, 3.63) is 42.4 Å². The van der Waals surface area contributed by atoms with Crippen molar-refractivity contribution in [1.82, 2.24) is 18.5 Å². The summed E-state index contributed by atoms with van der Waals surface area (Å²) in [5, 5.41) is 0. The van der Waals surface area contributed by atoms with E-state index in [1.807, 2.05) is 12.1 Å². The molecule has 0 spiro atoms. The Balaban J connectivity index is 1.36. The van der Waals surface area contributed by atoms with Gasteiger partial charge in [-0.15, -0.1) is 0 Å². The van der Waals surface area contributed by atoms with Crippen LogP contribution in [0.25, 0.3) is 11.3 Å². The van der Waals surface area contributed by atoms with Gasteiger partial charge in [-0.1, -0.05) is 31.4 Å². The average Bonchev–Trinajstić information content (AvgIpc) is 3.34. The second kappa shape index (κ2) is 8.87. The topological polar surface area (TPSA) is 87.0 Å². The number of nitrogens with zero attached hydrogens (tertiary/aromatic N) is 4. The maximum absolute atomic E-state index is 13.0. The van der Waals surface area contributed by atoms with Crippen LogP contribution in [0.3, 0.4) is 0 Å². The minimum Gasteiger partial charge on any atom is -0.444 e. The summed E-state index contributed by atoms with van der Waals surface area (Å²) in [6.07, 6.45) is 8.21. The molecule has 0 unspecified atom stereocenters. The quantitative estimate of drug-likeness (QED) is 0.725. The normalized spacial score (nSPS) is 19.3. The van der Waals surface area contributed by atoms with Gasteiger partial charge in [0.05, 0.1) is 6.20 Å². The first-order valence-electron chi connectivity index (χ1n) is 10.5. The molecule has 0 bridgehead atoms. The third kappa shape index (κ3) is 4.28. The number of benzene rings is 1. The molecule has 2 aromatic rings. The van der Waals surface area contributed by atoms with E-state index in [0.29, 0.717) is 37.5 Å². The molecule has 30 heavy (non-hydrogen) atoms. The molecule has 2 fully saturated rings. The van der Waals surface area contributed by atoms with E-state index in [-0.39, 0.29) is 11.9 Å². The molecule has 1 aromatic heterocycles. The van der Waals surface area contributed by atoms with Crippen molar-refractivity contribution in [3.8, 4) is 11.3 Å². The van der Waals surface area contributed by atoms with Gasteiger partial charge in [0.1, 0.15) is 0 Å². The number of carbonyl (C=O) groups is 1. The minimum atomic E-state index is -3.49. The van der Waals surface area contributed by atoms with Gasteiger partial charge in [0.15, 0.2) is 12.2 Å². The molecule has 9 heteroatoms. The average molecular weight is 433 g/mol. The van der Waals surface area contributed by atoms with Crippen LogP contribution in [-0.2, 0) is 10.2 Å². The Labute approximate surface area is 177 Å². The van der Waals surface area contributed by atoms with Gasteiger partial charge in [0.25, 0.3) is 16.1 Å². The maximum atomic E-state index is 13.0. The number of carbonyl (C=O) groups excluding carboxylic acids is 1. The molecule has 0 N–H and O–H groups in total. The first-order chi connectivity index (χ1) is 14.5. The second-order valence-electron chi connectivity index (χ2n) is 7.95. The lowest BCUT2D eigenvalue weighted by Gasteiger charge is -2.38. The second-order valence-corrected chi connectivity index (χ2v) is 9.94. The van der Waals surface area contributed by atoms with E-state index in [0.717, 1.165) is 31.2 Å². The lowest BCUT2D eigenvalue weighted by Crippen LogP contribution is -2.55. The van der Waals surface area contributed by atoms with E-state index in [1.165, 1.54) is 17.1 Å². The molecule has 162 valence electrons. The highest BCUT2D eigenvalue weighted by atomic mass is 32.2. The monoisotopic (exact) mass is 432 g/mol. The van der Waals surface area contributed by atoms with Crippen molar-refractivity contribution in [2.24, 2.45) is 0 Å². The first-order valence-corrected chi connectivity index (χ1v) is 11.9. The van der Waals surface area contributed by atoms with E-state index in [9.17, 15) is 13.2 Å². The molecule has 1 saturated carbocycles. The summed E-state index contributed by atoms with van der Waals surface area (Å²) < 4.78 is 34.4. The van der Waals surface area contributed by atoms with Crippen LogP contribution >= 0.6 is 0 Å². The van der Waals surface area contributed by atoms with Gasteiger partial charge in [0, 0.05) is 50.4 Å². The smallest absolute Gasteiger partial charge is 0.282 e. The van der Waals surface area contributed by atoms with Crippen LogP contribution < -0.4 is 0 Å². The standard InChI is InChI=1S/C21H28N4O4S/c1-23(19-5-3-2-4-6-19)30(27,28)25-13-11-24(12-14-25)21(26)18-9-7-17(8-10-18)20-15-22-16-29-20/h7-10,15-16,19H,2-6,11-14H2,1H3. The number of oxazole rings is 1. The fraction of sp³-hybridized carbons (Fsp3) is 0.524. The molecule has 1 aliphatic carbocycles. The molecular weight excluding hydrogens is 404 g/mol. The molecule has 1 aromatic carbocycles. The van der Waals surface area contributed by atoms with Crippen molar-refractivity contribution >= 4 is 16.1 Å². The van der Waals surface area contributed by atoms with Gasteiger partial charge < -0.3 is 9.32 Å². The number of piperazine rings is 1. The minimum absolute atomic E-state index is 0.0863. The van der Waals surface area contributed by atoms with Crippen molar-refractivity contribution in [2.45, 2.75) is 38.1 Å². The van der Waals surface area contributed by atoms with Crippen LogP contribution in [-0.4, -0.2) is 72.1 Å². The summed E-state index contributed by atoms with van der Waals surface area (Å²) in [6.45, 7) is 1.42. The largest absolute Gasteiger partial charge is 0.444 e. The van der Waals surface area contributed by atoms with E-state index in [1.54, 1.807) is 34.6 Å². The highest BCUT2D eigenvalue weighted by molar-refractivity contribution is 7.86. The SMILES string of the molecule is CN(C1CCCCC1)S(=O)(=O)N1CCN(C(=O)c2ccc(-c3cnco3)cc2)CC1. The molecule has 0 atom stereocenters. The Bertz CT molecular complexity index is 945. The van der Waals surface area contributed by atoms with Gasteiger partial charge in [0.2, 0.25) is 0 Å². The van der Waals surface area contributed by atoms with Gasteiger partial charge >= 0.3 is 0 Å². The Morgan fingerprint density at radius 1 is 1.07 bits per heavy atom. The van der Waals surface area contributed by atoms with E-state index in [2.05, 4.69) is 4.98 Å². The van der Waals surface area contributed by atoms with Gasteiger partial charge in [-0.3, -0.25) is 4.79 Å². The van der Waals surface area contributed by atoms with Crippen LogP contribution in [0.1, 0.15) is 42.5 Å². The summed E-state index contributed by atoms with van der Waals surface area (Å²) in [4.78, 5) is 18.5. The van der Waals surface area contributed by atoms with Crippen molar-refractivity contribution in [3.63, 3.8) is 0 Å². The van der Waals surface area contributed by atoms with Crippen LogP contribution in [0, 0.1) is 0 Å². The zero-order chi connectivity index (χ0) is 21.1. The van der Waals surface area contributed by atoms with Crippen molar-refractivity contribution < 1.29 is 17.6 Å². The first kappa shape index (κ1) is 21.0. The molecular formula is C21H28N4O4S. The Kier molecular flexibility index (Phi) is 6.21. The fourth-order valence-electron chi connectivity index (χ4n) is 4.26. The molecule has 1 amide bonds. The van der Waals surface area contributed by atoms with Gasteiger partial charge in [-0.2, -0.15) is 17.0 Å². The summed E-state index contributed by atoms with van der Waals surface area (Å²) in [5.41, 5.74) is 1.43. The summed E-state index contributed by atoms with van der Waals surface area (Å²) in [6, 6.07) is 7.27. The Morgan fingerprint density at radius 2 is 1.73 bits per heavy atom. The molecule has 2 heterocycles. The van der Waals surface area contributed by atoms with E-state index in [4.69, 9.17) is 4.42 Å². The number of rotatable bonds is 5. The van der Waals surface area contributed by atoms with Crippen molar-refractivity contribution in [1.29, 1.82) is 0 Å². The van der Waals surface area contributed by atoms with E-state index >= 15 is 0 Å². The van der Waals surface area contributed by atoms with Crippen LogP contribution in [0.5, 0.6) is 0 Å². The maximum Gasteiger partial charge on any atom is 0.282 e. The van der Waals surface area contributed by atoms with Crippen molar-refractivity contribution in [2.75, 3.05) is 33.2 Å². The van der Waals surface area contributed by atoms with Gasteiger partial charge in [-0.25, -0.2) is 4.98 Å². The molecule has 8 nitrogen and oxygen atoms in total. The highest BCUT2D eigenvalue weighted by Gasteiger charge is 2.35. The lowest BCUT2D eigenvalue weighted by molar-refractivity contribution is 0.0693. The third-order valence-electron chi connectivity index (χ3n) is 6.15. The molecule has 1 aliphatic heterocycles. The molecule has 1 saturated heterocycles. The number of hydrogen-bond donors (Lipinski definition) is 0. The summed E-state index contributed by atoms with van der Waals surface area (Å²) in [5.74, 6) is 0.562. The zero-order valence-electron chi connectivity index (χ0n) is 17.2. The van der Waals surface area contributed by atoms with Gasteiger partial charge in [-0.05, 0) is 25.0 Å². The molecule has 4 rings (SSSR count). The zero-order valence-corrected chi connectivity index (χ0v) is 18.1. The van der Waals surface area contributed by atoms with Crippen LogP contribution in [0.4, 0.5) is 0 Å². The van der Waals surface area contributed by atoms with E-state index < -0.39 is 10.2 Å². The lowest BCUT2D eigenvalue weighted by atomic mass is 9.96. The number of amides is 1. The summed E-state index contributed by atoms with van der Waals surface area (Å²) >= 11 is 0. The predicted octanol–water partition coefficient (Wildman–Crippen LogP) is 2.61. The number of aromatic nitrogens is 1. The predicted molar refractivity (Wildman–Crippen MR) is 113 cm³/mol. The Morgan fingerprint density at radius 3 is 2.33 bits per heavy atom. The summed E-state index contributed by atoms with van der Waals surface area (Å²) in [7, 11) is -1.80. The molecule has 0 radical (unpaired) electrons.